The summed E-state index contributed by atoms with van der Waals surface area (Å²) < 4.78 is 5.48. The van der Waals surface area contributed by atoms with Gasteiger partial charge in [-0.3, -0.25) is 9.59 Å². The van der Waals surface area contributed by atoms with Gasteiger partial charge in [0.2, 0.25) is 0 Å². The minimum atomic E-state index is -0.651. The van der Waals surface area contributed by atoms with Crippen molar-refractivity contribution in [2.75, 3.05) is 6.61 Å². The van der Waals surface area contributed by atoms with Gasteiger partial charge in [0, 0.05) is 12.8 Å². The molecule has 0 heterocycles. The van der Waals surface area contributed by atoms with Crippen molar-refractivity contribution in [1.29, 1.82) is 0 Å². The number of rotatable bonds is 52. The molecule has 0 aromatic carbocycles. The van der Waals surface area contributed by atoms with Gasteiger partial charge < -0.3 is 9.84 Å². The van der Waals surface area contributed by atoms with Crippen molar-refractivity contribution in [3.05, 3.63) is 24.3 Å². The highest BCUT2D eigenvalue weighted by Crippen LogP contribution is 2.18. The molecule has 0 unspecified atom stereocenters. The fourth-order valence-corrected chi connectivity index (χ4v) is 8.55. The molecule has 0 saturated heterocycles. The van der Waals surface area contributed by atoms with Crippen LogP contribution >= 0.6 is 0 Å². The van der Waals surface area contributed by atoms with Crippen molar-refractivity contribution < 1.29 is 19.4 Å². The number of esters is 1. The second-order valence-corrected chi connectivity index (χ2v) is 18.7. The number of carbonyl (C=O) groups excluding carboxylic acids is 1. The molecule has 0 aromatic rings. The minimum absolute atomic E-state index is 0.0102. The largest absolute Gasteiger partial charge is 0.481 e. The lowest BCUT2D eigenvalue weighted by Crippen LogP contribution is -2.05. The molecule has 354 valence electrons. The number of ether oxygens (including phenoxy) is 1. The molecule has 0 atom stereocenters. The van der Waals surface area contributed by atoms with E-state index in [1.165, 1.54) is 257 Å². The smallest absolute Gasteiger partial charge is 0.305 e. The number of carbonyl (C=O) groups is 2. The standard InChI is InChI=1S/C56H106O4/c1-2-3-4-5-6-7-8-9-31-35-38-41-44-47-50-53-56(59)60-54-51-48-45-42-39-36-33-30-28-26-24-22-20-18-16-14-12-10-11-13-15-17-19-21-23-25-27-29-32-34-37-40-43-46-49-52-55(57)58/h6-7,9,31H,2-5,8,10-30,32-54H2,1H3,(H,57,58)/b7-6-,31-9-. The summed E-state index contributed by atoms with van der Waals surface area (Å²) in [6, 6.07) is 0. The van der Waals surface area contributed by atoms with E-state index in [1.54, 1.807) is 0 Å². The van der Waals surface area contributed by atoms with E-state index in [9.17, 15) is 9.59 Å². The Hall–Kier alpha value is -1.58. The number of allylic oxidation sites excluding steroid dienone is 4. The fraction of sp³-hybridized carbons (Fsp3) is 0.893. The van der Waals surface area contributed by atoms with Crippen LogP contribution in [0.2, 0.25) is 0 Å². The van der Waals surface area contributed by atoms with Crippen molar-refractivity contribution in [3.8, 4) is 0 Å². The summed E-state index contributed by atoms with van der Waals surface area (Å²) in [5, 5.41) is 8.67. The summed E-state index contributed by atoms with van der Waals surface area (Å²) in [4.78, 5) is 22.5. The molecule has 4 heteroatoms. The molecule has 0 fully saturated rings. The topological polar surface area (TPSA) is 63.6 Å². The molecule has 0 aliphatic heterocycles. The first-order valence-corrected chi connectivity index (χ1v) is 27.3. The number of carboxylic acid groups (broad SMARTS) is 1. The van der Waals surface area contributed by atoms with Gasteiger partial charge in [-0.25, -0.2) is 0 Å². The predicted molar refractivity (Wildman–Crippen MR) is 264 cm³/mol. The van der Waals surface area contributed by atoms with E-state index < -0.39 is 5.97 Å². The summed E-state index contributed by atoms with van der Waals surface area (Å²) >= 11 is 0. The predicted octanol–water partition coefficient (Wildman–Crippen LogP) is 19.5. The second-order valence-electron chi connectivity index (χ2n) is 18.7. The molecule has 0 saturated carbocycles. The van der Waals surface area contributed by atoms with Gasteiger partial charge in [0.15, 0.2) is 0 Å². The number of hydrogen-bond acceptors (Lipinski definition) is 3. The first-order valence-electron chi connectivity index (χ1n) is 27.3. The third-order valence-corrected chi connectivity index (χ3v) is 12.6. The molecule has 0 spiro atoms. The molecule has 0 aliphatic rings. The van der Waals surface area contributed by atoms with E-state index in [2.05, 4.69) is 31.2 Å². The molecule has 0 aromatic heterocycles. The van der Waals surface area contributed by atoms with Gasteiger partial charge in [-0.05, 0) is 51.4 Å². The maximum atomic E-state index is 12.0. The van der Waals surface area contributed by atoms with Gasteiger partial charge in [-0.1, -0.05) is 275 Å². The highest BCUT2D eigenvalue weighted by atomic mass is 16.5. The summed E-state index contributed by atoms with van der Waals surface area (Å²) in [7, 11) is 0. The van der Waals surface area contributed by atoms with Crippen LogP contribution in [0.4, 0.5) is 0 Å². The Morgan fingerprint density at radius 1 is 0.333 bits per heavy atom. The molecule has 0 bridgehead atoms. The highest BCUT2D eigenvalue weighted by Gasteiger charge is 2.03. The van der Waals surface area contributed by atoms with E-state index in [-0.39, 0.29) is 5.97 Å². The zero-order chi connectivity index (χ0) is 43.3. The summed E-state index contributed by atoms with van der Waals surface area (Å²) in [6.45, 7) is 2.87. The maximum Gasteiger partial charge on any atom is 0.305 e. The number of unbranched alkanes of at least 4 members (excludes halogenated alkanes) is 42. The van der Waals surface area contributed by atoms with Gasteiger partial charge in [0.25, 0.3) is 0 Å². The van der Waals surface area contributed by atoms with Crippen LogP contribution in [-0.2, 0) is 14.3 Å². The SMILES string of the molecule is CCCCC/C=C\C/C=C\CCCCCCCC(=O)OCCCCCCCCCCCCCCCCCCCCCCCCCCCCCCCCCCCCCC(=O)O. The molecule has 0 rings (SSSR count). The molecular formula is C56H106O4. The van der Waals surface area contributed by atoms with Gasteiger partial charge >= 0.3 is 11.9 Å². The Balaban J connectivity index is 3.16. The van der Waals surface area contributed by atoms with Crippen molar-refractivity contribution in [1.82, 2.24) is 0 Å². The Morgan fingerprint density at radius 2 is 0.600 bits per heavy atom. The summed E-state index contributed by atoms with van der Waals surface area (Å²) in [5.41, 5.74) is 0. The highest BCUT2D eigenvalue weighted by molar-refractivity contribution is 5.69. The van der Waals surface area contributed by atoms with Crippen molar-refractivity contribution >= 4 is 11.9 Å². The molecule has 0 amide bonds. The average molecular weight is 843 g/mol. The van der Waals surface area contributed by atoms with Gasteiger partial charge in [0.05, 0.1) is 6.61 Å². The lowest BCUT2D eigenvalue weighted by Gasteiger charge is -2.06. The number of hydrogen-bond donors (Lipinski definition) is 1. The monoisotopic (exact) mass is 843 g/mol. The second kappa shape index (κ2) is 53.6. The van der Waals surface area contributed by atoms with Crippen molar-refractivity contribution in [3.63, 3.8) is 0 Å². The van der Waals surface area contributed by atoms with E-state index in [0.717, 1.165) is 38.5 Å². The summed E-state index contributed by atoms with van der Waals surface area (Å²) in [5.74, 6) is -0.641. The van der Waals surface area contributed by atoms with E-state index >= 15 is 0 Å². The van der Waals surface area contributed by atoms with Crippen LogP contribution in [0.1, 0.15) is 315 Å². The number of carboxylic acids is 1. The third-order valence-electron chi connectivity index (χ3n) is 12.6. The number of aliphatic carboxylic acids is 1. The first-order chi connectivity index (χ1) is 29.7. The van der Waals surface area contributed by atoms with Crippen molar-refractivity contribution in [2.24, 2.45) is 0 Å². The molecule has 0 aliphatic carbocycles. The summed E-state index contributed by atoms with van der Waals surface area (Å²) in [6.07, 6.45) is 71.4. The zero-order valence-electron chi connectivity index (χ0n) is 40.6. The minimum Gasteiger partial charge on any atom is -0.481 e. The molecule has 0 radical (unpaired) electrons. The Kier molecular flexibility index (Phi) is 52.1. The average Bonchev–Trinajstić information content (AvgIpc) is 3.24. The van der Waals surface area contributed by atoms with Gasteiger partial charge in [-0.2, -0.15) is 0 Å². The van der Waals surface area contributed by atoms with Crippen LogP contribution in [0.25, 0.3) is 0 Å². The fourth-order valence-electron chi connectivity index (χ4n) is 8.55. The van der Waals surface area contributed by atoms with E-state index in [0.29, 0.717) is 19.4 Å². The lowest BCUT2D eigenvalue weighted by molar-refractivity contribution is -0.144. The van der Waals surface area contributed by atoms with Gasteiger partial charge in [-0.15, -0.1) is 0 Å². The Bertz CT molecular complexity index is 894. The Morgan fingerprint density at radius 3 is 0.917 bits per heavy atom. The molecule has 60 heavy (non-hydrogen) atoms. The van der Waals surface area contributed by atoms with Crippen LogP contribution in [0.15, 0.2) is 24.3 Å². The Labute approximate surface area is 376 Å². The van der Waals surface area contributed by atoms with Crippen LogP contribution in [0.3, 0.4) is 0 Å². The van der Waals surface area contributed by atoms with Crippen LogP contribution in [0.5, 0.6) is 0 Å². The molecule has 1 N–H and O–H groups in total. The van der Waals surface area contributed by atoms with E-state index in [1.807, 2.05) is 0 Å². The van der Waals surface area contributed by atoms with E-state index in [4.69, 9.17) is 9.84 Å². The van der Waals surface area contributed by atoms with Crippen LogP contribution in [0, 0.1) is 0 Å². The van der Waals surface area contributed by atoms with Crippen molar-refractivity contribution in [2.45, 2.75) is 315 Å². The van der Waals surface area contributed by atoms with Gasteiger partial charge in [0.1, 0.15) is 0 Å². The third kappa shape index (κ3) is 54.4. The zero-order valence-corrected chi connectivity index (χ0v) is 40.6. The molecular weight excluding hydrogens is 737 g/mol. The van der Waals surface area contributed by atoms with Crippen LogP contribution in [-0.4, -0.2) is 23.7 Å². The van der Waals surface area contributed by atoms with Crippen LogP contribution < -0.4 is 0 Å². The molecule has 4 nitrogen and oxygen atoms in total. The lowest BCUT2D eigenvalue weighted by atomic mass is 10.0. The maximum absolute atomic E-state index is 12.0. The normalized spacial score (nSPS) is 11.8. The quantitative estimate of drug-likeness (QED) is 0.0376. The first kappa shape index (κ1) is 58.4.